The van der Waals surface area contributed by atoms with Gasteiger partial charge >= 0.3 is 19.5 Å². The Kier molecular flexibility index (Phi) is 11.9. The topological polar surface area (TPSA) is 115 Å². The quantitative estimate of drug-likeness (QED) is 0.182. The molecule has 40 heavy (non-hydrogen) atoms. The molecule has 20 heteroatoms. The number of rotatable bonds is 4. The highest BCUT2D eigenvalue weighted by Crippen LogP contribution is 2.38. The van der Waals surface area contributed by atoms with Crippen molar-refractivity contribution in [1.82, 2.24) is 15.0 Å². The predicted octanol–water partition coefficient (Wildman–Crippen LogP) is 6.26. The van der Waals surface area contributed by atoms with E-state index in [-0.39, 0.29) is 10.6 Å². The second-order valence-corrected chi connectivity index (χ2v) is 13.0. The van der Waals surface area contributed by atoms with Crippen LogP contribution in [0.25, 0.3) is 0 Å². The van der Waals surface area contributed by atoms with Gasteiger partial charge in [-0.1, -0.05) is 0 Å². The van der Waals surface area contributed by atoms with E-state index in [4.69, 9.17) is 19.5 Å². The fraction of sp³-hybridized carbons (Fsp3) is 0.500. The molecule has 0 aliphatic carbocycles. The summed E-state index contributed by atoms with van der Waals surface area (Å²) in [6.45, 7) is 7.35. The molecule has 4 heterocycles. The van der Waals surface area contributed by atoms with Crippen molar-refractivity contribution in [3.63, 3.8) is 0 Å². The van der Waals surface area contributed by atoms with Crippen molar-refractivity contribution in [3.8, 4) is 0 Å². The van der Waals surface area contributed by atoms with Gasteiger partial charge in [-0.2, -0.15) is 26.3 Å². The van der Waals surface area contributed by atoms with Crippen LogP contribution in [0.15, 0.2) is 25.3 Å². The van der Waals surface area contributed by atoms with E-state index in [0.717, 1.165) is 33.6 Å². The first-order valence-electron chi connectivity index (χ1n) is 10.7. The van der Waals surface area contributed by atoms with Gasteiger partial charge in [-0.05, 0) is 59.6 Å². The molecule has 8 nitrogen and oxygen atoms in total. The van der Waals surface area contributed by atoms with Crippen molar-refractivity contribution in [1.29, 1.82) is 0 Å². The number of aliphatic hydroxyl groups excluding tert-OH is 2. The van der Waals surface area contributed by atoms with Gasteiger partial charge in [-0.3, -0.25) is 4.79 Å². The lowest BCUT2D eigenvalue weighted by Gasteiger charge is -2.32. The van der Waals surface area contributed by atoms with E-state index in [0.29, 0.717) is 9.61 Å². The summed E-state index contributed by atoms with van der Waals surface area (Å²) in [5.41, 5.74) is -0.944. The molecule has 3 aromatic rings. The van der Waals surface area contributed by atoms with E-state index in [1.54, 1.807) is 5.38 Å². The molecule has 2 unspecified atom stereocenters. The molecule has 0 aromatic carbocycles. The van der Waals surface area contributed by atoms with Crippen molar-refractivity contribution in [2.45, 2.75) is 63.5 Å². The minimum atomic E-state index is -4.73. The maximum atomic E-state index is 12.4. The van der Waals surface area contributed by atoms with Gasteiger partial charge in [0.25, 0.3) is 0 Å². The zero-order valence-electron chi connectivity index (χ0n) is 20.8. The summed E-state index contributed by atoms with van der Waals surface area (Å²) >= 11 is 8.81. The van der Waals surface area contributed by atoms with E-state index < -0.39 is 47.9 Å². The molecule has 0 spiro atoms. The molecule has 222 valence electrons. The van der Waals surface area contributed by atoms with Crippen LogP contribution in [0.4, 0.5) is 26.3 Å². The highest BCUT2D eigenvalue weighted by atomic mass is 79.9. The molecule has 0 amide bonds. The van der Waals surface area contributed by atoms with Gasteiger partial charge in [0, 0.05) is 16.1 Å². The molecule has 1 fully saturated rings. The molecule has 0 saturated carbocycles. The summed E-state index contributed by atoms with van der Waals surface area (Å²) in [4.78, 5) is 21.0. The van der Waals surface area contributed by atoms with Crippen molar-refractivity contribution in [3.05, 3.63) is 40.4 Å². The predicted molar refractivity (Wildman–Crippen MR) is 145 cm³/mol. The smallest absolute Gasteiger partial charge is 0.398 e. The van der Waals surface area contributed by atoms with Gasteiger partial charge < -0.3 is 19.5 Å². The first-order valence-corrected chi connectivity index (χ1v) is 14.9. The number of carbonyl (C=O) groups excluding carboxylic acids is 1. The average molecular weight is 763 g/mol. The Morgan fingerprint density at radius 1 is 0.825 bits per heavy atom. The van der Waals surface area contributed by atoms with Crippen LogP contribution in [-0.2, 0) is 9.31 Å². The van der Waals surface area contributed by atoms with Crippen LogP contribution in [0.5, 0.6) is 0 Å². The van der Waals surface area contributed by atoms with Crippen LogP contribution in [-0.4, -0.2) is 62.1 Å². The Bertz CT molecular complexity index is 1260. The Labute approximate surface area is 253 Å². The van der Waals surface area contributed by atoms with Crippen LogP contribution in [0.1, 0.15) is 59.7 Å². The summed E-state index contributed by atoms with van der Waals surface area (Å²) in [5.74, 6) is 0. The van der Waals surface area contributed by atoms with Crippen molar-refractivity contribution >= 4 is 84.9 Å². The highest BCUT2D eigenvalue weighted by molar-refractivity contribution is 9.10. The SMILES string of the molecule is CC1(C)OB(c2csc(C(O)C(F)(F)F)n2)OC1(C)C.O=Cc1nc(Br)cs1.OC(c1nc(Br)cs1)C(F)(F)F. The van der Waals surface area contributed by atoms with Crippen LogP contribution in [0, 0.1) is 0 Å². The van der Waals surface area contributed by atoms with E-state index in [1.165, 1.54) is 22.1 Å². The average Bonchev–Trinajstić information content (AvgIpc) is 3.60. The summed E-state index contributed by atoms with van der Waals surface area (Å²) < 4.78 is 85.2. The lowest BCUT2D eigenvalue weighted by Crippen LogP contribution is -2.41. The maximum absolute atomic E-state index is 12.4. The van der Waals surface area contributed by atoms with Crippen LogP contribution < -0.4 is 5.59 Å². The zero-order chi connectivity index (χ0) is 30.7. The third-order valence-corrected chi connectivity index (χ3v) is 9.21. The Morgan fingerprint density at radius 2 is 1.25 bits per heavy atom. The molecule has 2 atom stereocenters. The highest BCUT2D eigenvalue weighted by Gasteiger charge is 2.53. The number of hydrogen-bond donors (Lipinski definition) is 2. The third kappa shape index (κ3) is 9.51. The van der Waals surface area contributed by atoms with Gasteiger partial charge in [-0.15, -0.1) is 34.0 Å². The number of thiazole rings is 3. The standard InChI is InChI=1S/C11H15BF3NO3S.C5H3BrF3NOS.C4H2BrNOS/c1-9(2)10(3,4)19-12(18-9)6-5-20-8(16-6)7(17)11(13,14)15;6-2-1-12-4(10-2)3(11)5(7,8)9;5-3-2-8-4(1-7)6-3/h5,7,17H,1-4H3;1,3,11H;1-2H. The van der Waals surface area contributed by atoms with E-state index in [1.807, 2.05) is 27.7 Å². The fourth-order valence-electron chi connectivity index (χ4n) is 2.49. The number of hydrogen-bond acceptors (Lipinski definition) is 11. The molecule has 0 radical (unpaired) electrons. The van der Waals surface area contributed by atoms with Crippen LogP contribution >= 0.6 is 65.9 Å². The number of halogens is 8. The lowest BCUT2D eigenvalue weighted by atomic mass is 9.86. The number of carbonyl (C=O) groups is 1. The second-order valence-electron chi connectivity index (χ2n) is 8.72. The van der Waals surface area contributed by atoms with E-state index >= 15 is 0 Å². The first-order chi connectivity index (χ1) is 18.2. The molecule has 0 bridgehead atoms. The minimum Gasteiger partial charge on any atom is -0.398 e. The Morgan fingerprint density at radius 3 is 1.60 bits per heavy atom. The van der Waals surface area contributed by atoms with Crippen LogP contribution in [0.2, 0.25) is 0 Å². The first kappa shape index (κ1) is 35.2. The number of aromatic nitrogens is 3. The Hall–Kier alpha value is -0.995. The minimum absolute atomic E-state index is 0.243. The molecule has 4 rings (SSSR count). The molecule has 2 N–H and O–H groups in total. The lowest BCUT2D eigenvalue weighted by molar-refractivity contribution is -0.207. The van der Waals surface area contributed by atoms with Gasteiger partial charge in [0.15, 0.2) is 11.3 Å². The molecule has 1 aliphatic rings. The van der Waals surface area contributed by atoms with Gasteiger partial charge in [0.1, 0.15) is 19.2 Å². The number of nitrogens with zero attached hydrogens (tertiary/aromatic N) is 3. The summed E-state index contributed by atoms with van der Waals surface area (Å²) in [5, 5.41) is 22.1. The third-order valence-electron chi connectivity index (χ3n) is 5.21. The van der Waals surface area contributed by atoms with Crippen molar-refractivity contribution < 1.29 is 50.7 Å². The maximum Gasteiger partial charge on any atom is 0.515 e. The zero-order valence-corrected chi connectivity index (χ0v) is 26.4. The fourth-order valence-corrected chi connectivity index (χ4v) is 5.66. The molecular weight excluding hydrogens is 743 g/mol. The van der Waals surface area contributed by atoms with Gasteiger partial charge in [0.2, 0.25) is 12.2 Å². The van der Waals surface area contributed by atoms with E-state index in [9.17, 15) is 31.1 Å². The summed E-state index contributed by atoms with van der Waals surface area (Å²) in [6.07, 6.45) is -13.7. The summed E-state index contributed by atoms with van der Waals surface area (Å²) in [7, 11) is -0.828. The van der Waals surface area contributed by atoms with Gasteiger partial charge in [-0.25, -0.2) is 15.0 Å². The number of aliphatic hydroxyl groups is 2. The second kappa shape index (κ2) is 13.5. The molecule has 1 saturated heterocycles. The molecular formula is C20H20BBr2F6N3O5S3. The Balaban J connectivity index is 0.000000236. The van der Waals surface area contributed by atoms with Gasteiger partial charge in [0.05, 0.1) is 16.8 Å². The number of alkyl halides is 6. The van der Waals surface area contributed by atoms with Crippen molar-refractivity contribution in [2.24, 2.45) is 0 Å². The number of aldehydes is 1. The summed E-state index contributed by atoms with van der Waals surface area (Å²) in [6, 6.07) is 0. The normalized spacial score (nSPS) is 17.8. The molecule has 1 aliphatic heterocycles. The largest absolute Gasteiger partial charge is 0.515 e. The molecule has 3 aromatic heterocycles. The monoisotopic (exact) mass is 761 g/mol. The van der Waals surface area contributed by atoms with Crippen LogP contribution in [0.3, 0.4) is 0 Å². The van der Waals surface area contributed by atoms with E-state index in [2.05, 4.69) is 46.8 Å². The van der Waals surface area contributed by atoms with Crippen molar-refractivity contribution in [2.75, 3.05) is 0 Å².